The molecule has 5 aliphatic rings. The van der Waals surface area contributed by atoms with Crippen LogP contribution in [-0.2, 0) is 0 Å². The van der Waals surface area contributed by atoms with Crippen LogP contribution in [0.3, 0.4) is 0 Å². The summed E-state index contributed by atoms with van der Waals surface area (Å²) < 4.78 is 0. The summed E-state index contributed by atoms with van der Waals surface area (Å²) in [5, 5.41) is 0. The van der Waals surface area contributed by atoms with Gasteiger partial charge in [-0.05, 0) is 218 Å². The summed E-state index contributed by atoms with van der Waals surface area (Å²) in [4.78, 5) is 12.6. The van der Waals surface area contributed by atoms with Crippen molar-refractivity contribution in [3.8, 4) is 0 Å². The molecule has 0 aromatic rings. The van der Waals surface area contributed by atoms with Crippen LogP contribution in [-0.4, -0.2) is 143 Å². The van der Waals surface area contributed by atoms with Crippen LogP contribution < -0.4 is 22.9 Å². The van der Waals surface area contributed by atoms with E-state index in [4.69, 9.17) is 22.9 Å². The third kappa shape index (κ3) is 21.3. The quantitative estimate of drug-likeness (QED) is 0.228. The summed E-state index contributed by atoms with van der Waals surface area (Å²) in [5.41, 5.74) is 24.8. The molecule has 0 bridgehead atoms. The van der Waals surface area contributed by atoms with Crippen molar-refractivity contribution in [2.75, 3.05) is 78.5 Å². The minimum absolute atomic E-state index is 0.289. The van der Waals surface area contributed by atoms with Crippen LogP contribution in [0.5, 0.6) is 0 Å². The van der Waals surface area contributed by atoms with Crippen LogP contribution in [0.25, 0.3) is 0 Å². The first-order chi connectivity index (χ1) is 26.0. The molecule has 8 N–H and O–H groups in total. The Morgan fingerprint density at radius 2 is 0.754 bits per heavy atom. The maximum Gasteiger partial charge on any atom is 0.0194 e. The van der Waals surface area contributed by atoms with Crippen molar-refractivity contribution in [1.82, 2.24) is 24.5 Å². The Balaban J connectivity index is 0.000000356. The zero-order valence-corrected chi connectivity index (χ0v) is 41.7. The summed E-state index contributed by atoms with van der Waals surface area (Å²) in [5.74, 6) is 3.14. The van der Waals surface area contributed by atoms with E-state index in [1.807, 2.05) is 0 Å². The molecule has 0 unspecified atom stereocenters. The molecule has 5 aliphatic heterocycles. The van der Waals surface area contributed by atoms with Gasteiger partial charge in [0.05, 0.1) is 0 Å². The molecule has 5 heterocycles. The predicted molar refractivity (Wildman–Crippen MR) is 253 cm³/mol. The molecule has 0 amide bonds. The molecule has 0 aliphatic carbocycles. The van der Waals surface area contributed by atoms with Gasteiger partial charge in [-0.25, -0.2) is 0 Å². The Hall–Kier alpha value is -0.360. The lowest BCUT2D eigenvalue weighted by atomic mass is 9.91. The van der Waals surface area contributed by atoms with Crippen LogP contribution in [0.1, 0.15) is 169 Å². The predicted octanol–water partition coefficient (Wildman–Crippen LogP) is 7.70. The van der Waals surface area contributed by atoms with Crippen molar-refractivity contribution < 1.29 is 0 Å². The molecule has 0 spiro atoms. The molecule has 5 saturated heterocycles. The summed E-state index contributed by atoms with van der Waals surface area (Å²) in [6.07, 6.45) is 10.5. The second kappa shape index (κ2) is 24.3. The van der Waals surface area contributed by atoms with E-state index in [2.05, 4.69) is 142 Å². The van der Waals surface area contributed by atoms with Gasteiger partial charge in [-0.1, -0.05) is 20.3 Å². The zero-order valence-electron chi connectivity index (χ0n) is 41.7. The Labute approximate surface area is 357 Å². The van der Waals surface area contributed by atoms with Crippen LogP contribution in [0.15, 0.2) is 0 Å². The van der Waals surface area contributed by atoms with E-state index in [0.717, 1.165) is 43.9 Å². The number of nitrogens with zero attached hydrogens (tertiary/aromatic N) is 5. The second-order valence-corrected chi connectivity index (χ2v) is 23.6. The van der Waals surface area contributed by atoms with E-state index in [-0.39, 0.29) is 5.54 Å². The molecular weight excluding hydrogens is 703 g/mol. The highest BCUT2D eigenvalue weighted by molar-refractivity contribution is 4.88. The lowest BCUT2D eigenvalue weighted by molar-refractivity contribution is 0.0778. The van der Waals surface area contributed by atoms with E-state index < -0.39 is 0 Å². The zero-order chi connectivity index (χ0) is 44.0. The summed E-state index contributed by atoms with van der Waals surface area (Å²) in [6.45, 7) is 52.4. The molecule has 0 aromatic heterocycles. The number of hydrogen-bond donors (Lipinski definition) is 4. The van der Waals surface area contributed by atoms with E-state index in [1.165, 1.54) is 104 Å². The Kier molecular flexibility index (Phi) is 23.3. The molecule has 5 fully saturated rings. The molecule has 9 heteroatoms. The van der Waals surface area contributed by atoms with Gasteiger partial charge in [0.15, 0.2) is 0 Å². The third-order valence-electron chi connectivity index (χ3n) is 13.6. The fourth-order valence-electron chi connectivity index (χ4n) is 8.60. The molecule has 0 aromatic carbocycles. The van der Waals surface area contributed by atoms with Gasteiger partial charge in [0, 0.05) is 72.5 Å². The summed E-state index contributed by atoms with van der Waals surface area (Å²) in [6, 6.07) is 0.779. The Morgan fingerprint density at radius 1 is 0.421 bits per heavy atom. The van der Waals surface area contributed by atoms with Crippen molar-refractivity contribution in [1.29, 1.82) is 0 Å². The fourth-order valence-corrected chi connectivity index (χ4v) is 8.60. The number of rotatable bonds is 3. The van der Waals surface area contributed by atoms with Crippen molar-refractivity contribution in [3.05, 3.63) is 0 Å². The van der Waals surface area contributed by atoms with Crippen LogP contribution in [0.4, 0.5) is 0 Å². The maximum absolute atomic E-state index is 6.02. The lowest BCUT2D eigenvalue weighted by Gasteiger charge is -2.43. The van der Waals surface area contributed by atoms with E-state index in [9.17, 15) is 0 Å². The third-order valence-corrected chi connectivity index (χ3v) is 13.6. The minimum Gasteiger partial charge on any atom is -0.330 e. The molecule has 342 valence electrons. The molecule has 57 heavy (non-hydrogen) atoms. The van der Waals surface area contributed by atoms with Gasteiger partial charge in [-0.2, -0.15) is 0 Å². The molecule has 0 saturated carbocycles. The molecule has 0 radical (unpaired) electrons. The van der Waals surface area contributed by atoms with E-state index in [0.29, 0.717) is 40.2 Å². The number of likely N-dealkylation sites (tertiary alicyclic amines) is 5. The largest absolute Gasteiger partial charge is 0.330 e. The van der Waals surface area contributed by atoms with Crippen molar-refractivity contribution in [2.45, 2.75) is 209 Å². The van der Waals surface area contributed by atoms with Crippen molar-refractivity contribution >= 4 is 0 Å². The lowest BCUT2D eigenvalue weighted by Crippen LogP contribution is -2.54. The first-order valence-corrected chi connectivity index (χ1v) is 23.7. The Bertz CT molecular complexity index is 999. The first-order valence-electron chi connectivity index (χ1n) is 23.7. The number of hydrogen-bond acceptors (Lipinski definition) is 9. The highest BCUT2D eigenvalue weighted by atomic mass is 15.2. The van der Waals surface area contributed by atoms with Gasteiger partial charge in [0.25, 0.3) is 0 Å². The van der Waals surface area contributed by atoms with Crippen molar-refractivity contribution in [2.24, 2.45) is 46.6 Å². The highest BCUT2D eigenvalue weighted by Crippen LogP contribution is 2.27. The van der Waals surface area contributed by atoms with Crippen LogP contribution in [0.2, 0.25) is 0 Å². The average Bonchev–Trinajstić information content (AvgIpc) is 3.81. The van der Waals surface area contributed by atoms with E-state index >= 15 is 0 Å². The van der Waals surface area contributed by atoms with Gasteiger partial charge in [0.1, 0.15) is 0 Å². The van der Waals surface area contributed by atoms with Gasteiger partial charge in [-0.3, -0.25) is 24.5 Å². The number of nitrogens with two attached hydrogens (primary N) is 4. The van der Waals surface area contributed by atoms with Gasteiger partial charge in [-0.15, -0.1) is 0 Å². The van der Waals surface area contributed by atoms with Gasteiger partial charge in [0.2, 0.25) is 0 Å². The first kappa shape index (κ1) is 54.7. The number of piperidine rings is 3. The normalized spacial score (nSPS) is 29.2. The van der Waals surface area contributed by atoms with E-state index in [1.54, 1.807) is 0 Å². The highest BCUT2D eigenvalue weighted by Gasteiger charge is 2.32. The molecule has 5 rings (SSSR count). The second-order valence-electron chi connectivity index (χ2n) is 23.6. The summed E-state index contributed by atoms with van der Waals surface area (Å²) in [7, 11) is 0. The Morgan fingerprint density at radius 3 is 1.05 bits per heavy atom. The minimum atomic E-state index is 0.289. The standard InChI is InChI=1S/C11H23N.C10H22N2.3C9H20N2/c1-5-10-7-6-8-12(9-10)11(2,3)4;1-8-5-6-12(7-9(8)11)10(2,3)4;2*1-9(2,3)11-5-4-8(6-10)7-11;1-9(2,3)11-6-4-5-8(10)7-11/h10H,5-9H2,1-4H3;8-9H,5-7,11H2,1-4H3;3*8H,4-7,10H2,1-3H3/t10-;8-,9-;3*8-/m10101/s1. The maximum atomic E-state index is 6.02. The van der Waals surface area contributed by atoms with Crippen LogP contribution in [0, 0.1) is 23.7 Å². The summed E-state index contributed by atoms with van der Waals surface area (Å²) >= 11 is 0. The average molecular weight is 808 g/mol. The molecule has 9 nitrogen and oxygen atoms in total. The van der Waals surface area contributed by atoms with Gasteiger partial charge >= 0.3 is 0 Å². The fraction of sp³-hybridized carbons (Fsp3) is 1.00. The van der Waals surface area contributed by atoms with Gasteiger partial charge < -0.3 is 22.9 Å². The molecule has 6 atom stereocenters. The SMILES string of the molecule is CC(C)(C)N1CCC[C@@H](N)C1.CC(C)(C)N1CC[C@@H](CN)C1.CC(C)(C)N1CC[C@H](CN)C1.CC[C@@H]1CCCN(C(C)(C)C)C1.C[C@H]1CCN(C(C)(C)C)C[C@@H]1N. The topological polar surface area (TPSA) is 120 Å². The smallest absolute Gasteiger partial charge is 0.0194 e. The van der Waals surface area contributed by atoms with Crippen molar-refractivity contribution in [3.63, 3.8) is 0 Å². The monoisotopic (exact) mass is 808 g/mol. The molecular formula is C48H105N9. The van der Waals surface area contributed by atoms with Crippen LogP contribution >= 0.6 is 0 Å².